The number of carbonyl (C=O) groups is 1. The highest BCUT2D eigenvalue weighted by atomic mass is 28.4. The van der Waals surface area contributed by atoms with Gasteiger partial charge in [0.15, 0.2) is 25.0 Å². The van der Waals surface area contributed by atoms with E-state index in [-0.39, 0.29) is 39.5 Å². The zero-order valence-electron chi connectivity index (χ0n) is 39.1. The molecular weight excluding hydrogens is 717 g/mol. The molecule has 0 spiro atoms. The first-order valence-corrected chi connectivity index (χ1v) is 30.9. The second-order valence-electron chi connectivity index (χ2n) is 21.0. The fourth-order valence-corrected chi connectivity index (χ4v) is 10.4. The van der Waals surface area contributed by atoms with Crippen LogP contribution in [0.15, 0.2) is 25.3 Å². The SMILES string of the molecule is C=CC[C@@H](C[C@H](C[C@H](CC[C@@H](CCCCCCCCCCCCCC)O[Si](C)(C)C(C)(C)C)O[Si](C)(C)C(C)(C)C)O[Si](C)(C)C(C)(C)C)OC(=O)C=C. The molecule has 0 radical (unpaired) electrons. The maximum Gasteiger partial charge on any atom is 0.330 e. The Labute approximate surface area is 341 Å². The highest BCUT2D eigenvalue weighted by molar-refractivity contribution is 6.75. The van der Waals surface area contributed by atoms with E-state index in [1.165, 1.54) is 83.1 Å². The number of rotatable bonds is 30. The quantitative estimate of drug-likeness (QED) is 0.0238. The van der Waals surface area contributed by atoms with Crippen LogP contribution in [0.1, 0.15) is 185 Å². The van der Waals surface area contributed by atoms with Gasteiger partial charge in [-0.2, -0.15) is 0 Å². The van der Waals surface area contributed by atoms with Crippen molar-refractivity contribution >= 4 is 30.9 Å². The summed E-state index contributed by atoms with van der Waals surface area (Å²) < 4.78 is 27.6. The van der Waals surface area contributed by atoms with Crippen molar-refractivity contribution in [1.29, 1.82) is 0 Å². The molecule has 0 saturated carbocycles. The van der Waals surface area contributed by atoms with Gasteiger partial charge in [-0.15, -0.1) is 6.58 Å². The molecule has 320 valence electrons. The summed E-state index contributed by atoms with van der Waals surface area (Å²) in [5.74, 6) is -0.398. The third kappa shape index (κ3) is 21.9. The molecule has 0 aliphatic carbocycles. The third-order valence-corrected chi connectivity index (χ3v) is 26.5. The number of hydrogen-bond acceptors (Lipinski definition) is 5. The zero-order valence-corrected chi connectivity index (χ0v) is 42.1. The summed E-state index contributed by atoms with van der Waals surface area (Å²) in [5, 5.41) is 0.283. The van der Waals surface area contributed by atoms with Crippen LogP contribution >= 0.6 is 0 Å². The van der Waals surface area contributed by atoms with E-state index < -0.39 is 30.9 Å². The second kappa shape index (κ2) is 25.1. The molecule has 0 N–H and O–H groups in total. The van der Waals surface area contributed by atoms with Crippen molar-refractivity contribution in [3.8, 4) is 0 Å². The highest BCUT2D eigenvalue weighted by Gasteiger charge is 2.43. The Balaban J connectivity index is 6.18. The van der Waals surface area contributed by atoms with Crippen LogP contribution in [0.25, 0.3) is 0 Å². The Kier molecular flexibility index (Phi) is 24.8. The smallest absolute Gasteiger partial charge is 0.330 e. The van der Waals surface area contributed by atoms with Crippen molar-refractivity contribution < 1.29 is 22.8 Å². The average Bonchev–Trinajstić information content (AvgIpc) is 3.01. The lowest BCUT2D eigenvalue weighted by atomic mass is 9.98. The van der Waals surface area contributed by atoms with Gasteiger partial charge in [0.05, 0.1) is 6.10 Å². The van der Waals surface area contributed by atoms with Crippen LogP contribution in [-0.4, -0.2) is 55.3 Å². The van der Waals surface area contributed by atoms with Gasteiger partial charge >= 0.3 is 5.97 Å². The van der Waals surface area contributed by atoms with Gasteiger partial charge in [-0.25, -0.2) is 4.79 Å². The van der Waals surface area contributed by atoms with Gasteiger partial charge in [0.2, 0.25) is 0 Å². The van der Waals surface area contributed by atoms with Gasteiger partial charge in [0, 0.05) is 31.1 Å². The molecule has 0 heterocycles. The van der Waals surface area contributed by atoms with E-state index in [2.05, 4.69) is 122 Å². The van der Waals surface area contributed by atoms with Crippen LogP contribution in [0.3, 0.4) is 0 Å². The van der Waals surface area contributed by atoms with Gasteiger partial charge in [-0.1, -0.05) is 159 Å². The lowest BCUT2D eigenvalue weighted by molar-refractivity contribution is -0.144. The van der Waals surface area contributed by atoms with Gasteiger partial charge in [0.25, 0.3) is 0 Å². The topological polar surface area (TPSA) is 54.0 Å². The van der Waals surface area contributed by atoms with Crippen LogP contribution in [0.5, 0.6) is 0 Å². The van der Waals surface area contributed by atoms with Crippen molar-refractivity contribution in [3.05, 3.63) is 25.3 Å². The standard InChI is InChI=1S/C46H94O5Si3/c1-19-22-23-24-25-26-27-28-29-30-31-32-34-39(49-52(13,14)44(4,5)6)35-36-41(50-53(15,16)45(7,8)9)38-42(51-54(17,18)46(10,11)12)37-40(33-20-2)48-43(47)21-3/h20-21,39-42H,2-3,19,22-38H2,1,4-18H3/t39-,40+,41+,42-/m1/s1. The Bertz CT molecular complexity index is 1030. The van der Waals surface area contributed by atoms with E-state index in [1.54, 1.807) is 0 Å². The first-order chi connectivity index (χ1) is 24.7. The minimum atomic E-state index is -2.16. The lowest BCUT2D eigenvalue weighted by Crippen LogP contribution is -2.48. The molecule has 0 aromatic carbocycles. The number of ether oxygens (including phenoxy) is 1. The summed E-state index contributed by atoms with van der Waals surface area (Å²) in [6.45, 7) is 45.0. The average molecular weight is 812 g/mol. The number of unbranched alkanes of at least 4 members (excludes halogenated alkanes) is 11. The van der Waals surface area contributed by atoms with E-state index in [1.807, 2.05) is 6.08 Å². The highest BCUT2D eigenvalue weighted by Crippen LogP contribution is 2.42. The predicted molar refractivity (Wildman–Crippen MR) is 245 cm³/mol. The van der Waals surface area contributed by atoms with Crippen molar-refractivity contribution in [2.24, 2.45) is 0 Å². The summed E-state index contributed by atoms with van der Waals surface area (Å²) in [7, 11) is -6.25. The molecule has 0 saturated heterocycles. The summed E-state index contributed by atoms with van der Waals surface area (Å²) in [6.07, 6.45) is 24.2. The molecule has 4 atom stereocenters. The molecule has 5 nitrogen and oxygen atoms in total. The van der Waals surface area contributed by atoms with Crippen LogP contribution in [0.4, 0.5) is 0 Å². The van der Waals surface area contributed by atoms with Crippen LogP contribution in [0.2, 0.25) is 54.4 Å². The molecule has 0 rings (SSSR count). The fraction of sp³-hybridized carbons (Fsp3) is 0.891. The summed E-state index contributed by atoms with van der Waals surface area (Å²) >= 11 is 0. The molecule has 0 bridgehead atoms. The fourth-order valence-electron chi connectivity index (χ4n) is 6.22. The van der Waals surface area contributed by atoms with E-state index in [0.717, 1.165) is 25.7 Å². The zero-order chi connectivity index (χ0) is 41.9. The number of carbonyl (C=O) groups excluding carboxylic acids is 1. The third-order valence-electron chi connectivity index (χ3n) is 12.9. The summed E-state index contributed by atoms with van der Waals surface area (Å²) in [6, 6.07) is 0. The van der Waals surface area contributed by atoms with E-state index >= 15 is 0 Å². The van der Waals surface area contributed by atoms with Crippen molar-refractivity contribution in [2.45, 2.75) is 264 Å². The van der Waals surface area contributed by atoms with Crippen molar-refractivity contribution in [1.82, 2.24) is 0 Å². The molecule has 0 amide bonds. The predicted octanol–water partition coefficient (Wildman–Crippen LogP) is 15.5. The minimum Gasteiger partial charge on any atom is -0.459 e. The first-order valence-electron chi connectivity index (χ1n) is 22.2. The molecule has 8 heteroatoms. The summed E-state index contributed by atoms with van der Waals surface area (Å²) in [4.78, 5) is 12.4. The Morgan fingerprint density at radius 1 is 0.519 bits per heavy atom. The largest absolute Gasteiger partial charge is 0.459 e. The lowest BCUT2D eigenvalue weighted by Gasteiger charge is -2.43. The molecule has 54 heavy (non-hydrogen) atoms. The van der Waals surface area contributed by atoms with Gasteiger partial charge < -0.3 is 18.0 Å². The molecule has 0 aliphatic heterocycles. The normalized spacial score (nSPS) is 15.8. The Morgan fingerprint density at radius 3 is 1.26 bits per heavy atom. The van der Waals surface area contributed by atoms with Gasteiger partial charge in [-0.3, -0.25) is 0 Å². The number of hydrogen-bond donors (Lipinski definition) is 0. The van der Waals surface area contributed by atoms with Crippen molar-refractivity contribution in [3.63, 3.8) is 0 Å². The van der Waals surface area contributed by atoms with Crippen molar-refractivity contribution in [2.75, 3.05) is 0 Å². The van der Waals surface area contributed by atoms with Gasteiger partial charge in [0.1, 0.15) is 6.10 Å². The molecule has 0 aromatic rings. The summed E-state index contributed by atoms with van der Waals surface area (Å²) in [5.41, 5.74) is 0. The maximum absolute atomic E-state index is 12.4. The van der Waals surface area contributed by atoms with Crippen LogP contribution in [0, 0.1) is 0 Å². The molecule has 0 aromatic heterocycles. The Hall–Kier alpha value is -0.519. The van der Waals surface area contributed by atoms with E-state index in [9.17, 15) is 4.79 Å². The Morgan fingerprint density at radius 2 is 0.870 bits per heavy atom. The molecule has 0 unspecified atom stereocenters. The molecule has 0 aliphatic rings. The van der Waals surface area contributed by atoms with Crippen LogP contribution < -0.4 is 0 Å². The van der Waals surface area contributed by atoms with Gasteiger partial charge in [-0.05, 0) is 80.1 Å². The minimum absolute atomic E-state index is 0.0210. The monoisotopic (exact) mass is 811 g/mol. The van der Waals surface area contributed by atoms with E-state index in [4.69, 9.17) is 18.0 Å². The van der Waals surface area contributed by atoms with Crippen LogP contribution in [-0.2, 0) is 22.8 Å². The first kappa shape index (κ1) is 53.5. The second-order valence-corrected chi connectivity index (χ2v) is 35.3. The van der Waals surface area contributed by atoms with E-state index in [0.29, 0.717) is 12.8 Å². The molecular formula is C46H94O5Si3. The maximum atomic E-state index is 12.4. The number of esters is 1. The molecule has 0 fully saturated rings.